The van der Waals surface area contributed by atoms with Gasteiger partial charge >= 0.3 is 5.97 Å². The van der Waals surface area contributed by atoms with Crippen molar-refractivity contribution in [3.05, 3.63) is 75.7 Å². The second kappa shape index (κ2) is 11.1. The number of nitrogens with two attached hydrogens (primary N) is 1. The Kier molecular flexibility index (Phi) is 8.20. The Labute approximate surface area is 202 Å². The molecule has 0 aliphatic rings. The number of carbonyl (C=O) groups is 1. The van der Waals surface area contributed by atoms with E-state index in [0.717, 1.165) is 0 Å². The fourth-order valence-corrected chi connectivity index (χ4v) is 3.35. The molecule has 34 heavy (non-hydrogen) atoms. The predicted molar refractivity (Wildman–Crippen MR) is 130 cm³/mol. The maximum absolute atomic E-state index is 12.7. The number of nitrogens with one attached hydrogen (secondary N) is 1. The molecule has 1 aromatic heterocycles. The number of rotatable bonds is 10. The van der Waals surface area contributed by atoms with Gasteiger partial charge in [-0.25, -0.2) is 0 Å². The number of halogens is 1. The Morgan fingerprint density at radius 1 is 1.06 bits per heavy atom. The van der Waals surface area contributed by atoms with Crippen LogP contribution in [0.15, 0.2) is 59.5 Å². The topological polar surface area (TPSA) is 113 Å². The first-order chi connectivity index (χ1) is 16.2. The summed E-state index contributed by atoms with van der Waals surface area (Å²) in [5, 5.41) is 0.611. The van der Waals surface area contributed by atoms with E-state index in [2.05, 4.69) is 4.98 Å². The number of methoxy groups -OCH3 is 1. The van der Waals surface area contributed by atoms with Gasteiger partial charge in [-0.2, -0.15) is 0 Å². The van der Waals surface area contributed by atoms with Crippen LogP contribution >= 0.6 is 11.6 Å². The van der Waals surface area contributed by atoms with Gasteiger partial charge in [0.05, 0.1) is 19.2 Å². The number of hydrogen-bond acceptors (Lipinski definition) is 7. The van der Waals surface area contributed by atoms with Gasteiger partial charge in [0.2, 0.25) is 0 Å². The van der Waals surface area contributed by atoms with Gasteiger partial charge in [-0.15, -0.1) is 0 Å². The van der Waals surface area contributed by atoms with Crippen molar-refractivity contribution in [1.82, 2.24) is 4.98 Å². The molecule has 0 unspecified atom stereocenters. The molecule has 1 heterocycles. The van der Waals surface area contributed by atoms with Crippen LogP contribution in [0.25, 0.3) is 11.1 Å². The Balaban J connectivity index is 1.82. The zero-order valence-corrected chi connectivity index (χ0v) is 20.0. The third kappa shape index (κ3) is 6.52. The van der Waals surface area contributed by atoms with Crippen LogP contribution in [0.2, 0.25) is 5.02 Å². The van der Waals surface area contributed by atoms with Gasteiger partial charge in [0.15, 0.2) is 11.5 Å². The van der Waals surface area contributed by atoms with Crippen molar-refractivity contribution in [3.63, 3.8) is 0 Å². The highest BCUT2D eigenvalue weighted by atomic mass is 35.5. The third-order valence-corrected chi connectivity index (χ3v) is 5.09. The van der Waals surface area contributed by atoms with Crippen LogP contribution < -0.4 is 25.5 Å². The van der Waals surface area contributed by atoms with E-state index in [9.17, 15) is 9.59 Å². The highest BCUT2D eigenvalue weighted by molar-refractivity contribution is 6.30. The molecule has 0 spiro atoms. The summed E-state index contributed by atoms with van der Waals surface area (Å²) in [7, 11) is 1.51. The summed E-state index contributed by atoms with van der Waals surface area (Å²) in [4.78, 5) is 26.9. The first-order valence-electron chi connectivity index (χ1n) is 10.5. The number of hydrogen-bond donors (Lipinski definition) is 2. The molecule has 0 radical (unpaired) electrons. The van der Waals surface area contributed by atoms with Gasteiger partial charge in [-0.05, 0) is 61.9 Å². The number of ether oxygens (including phenoxy) is 4. The molecule has 0 aliphatic carbocycles. The number of aromatic nitrogens is 1. The zero-order chi connectivity index (χ0) is 24.7. The number of H-pyrrole nitrogens is 1. The number of esters is 1. The summed E-state index contributed by atoms with van der Waals surface area (Å²) in [5.74, 6) is 0.975. The van der Waals surface area contributed by atoms with Crippen LogP contribution in [0.1, 0.15) is 19.4 Å². The SMILES string of the molecule is COc1cc(-c2c(COc3ccc(Cl)cc3)cc[nH]c2=O)ccc1OCC(C)(C)OC(=O)CN. The maximum Gasteiger partial charge on any atom is 0.320 e. The summed E-state index contributed by atoms with van der Waals surface area (Å²) in [5.41, 5.74) is 5.95. The van der Waals surface area contributed by atoms with Crippen LogP contribution in [0.5, 0.6) is 17.2 Å². The van der Waals surface area contributed by atoms with E-state index in [1.54, 1.807) is 68.6 Å². The first kappa shape index (κ1) is 25.1. The van der Waals surface area contributed by atoms with Gasteiger partial charge in [-0.3, -0.25) is 9.59 Å². The summed E-state index contributed by atoms with van der Waals surface area (Å²) in [6, 6.07) is 13.9. The largest absolute Gasteiger partial charge is 0.493 e. The fourth-order valence-electron chi connectivity index (χ4n) is 3.22. The lowest BCUT2D eigenvalue weighted by Crippen LogP contribution is -2.37. The molecule has 8 nitrogen and oxygen atoms in total. The lowest BCUT2D eigenvalue weighted by molar-refractivity contribution is -0.157. The first-order valence-corrected chi connectivity index (χ1v) is 10.9. The number of aromatic amines is 1. The quantitative estimate of drug-likeness (QED) is 0.417. The van der Waals surface area contributed by atoms with Crippen molar-refractivity contribution >= 4 is 17.6 Å². The fraction of sp³-hybridized carbons (Fsp3) is 0.280. The molecule has 9 heteroatoms. The van der Waals surface area contributed by atoms with E-state index < -0.39 is 11.6 Å². The lowest BCUT2D eigenvalue weighted by Gasteiger charge is -2.25. The normalized spacial score (nSPS) is 11.1. The molecule has 0 atom stereocenters. The summed E-state index contributed by atoms with van der Waals surface area (Å²) in [6.45, 7) is 3.50. The van der Waals surface area contributed by atoms with Crippen molar-refractivity contribution in [3.8, 4) is 28.4 Å². The van der Waals surface area contributed by atoms with Crippen molar-refractivity contribution in [2.24, 2.45) is 5.73 Å². The minimum atomic E-state index is -0.886. The Morgan fingerprint density at radius 2 is 1.79 bits per heavy atom. The molecule has 3 aromatic rings. The monoisotopic (exact) mass is 486 g/mol. The van der Waals surface area contributed by atoms with Crippen molar-refractivity contribution < 1.29 is 23.7 Å². The van der Waals surface area contributed by atoms with Crippen LogP contribution in [0.4, 0.5) is 0 Å². The number of benzene rings is 2. The minimum Gasteiger partial charge on any atom is -0.493 e. The molecule has 0 bridgehead atoms. The molecule has 0 saturated carbocycles. The zero-order valence-electron chi connectivity index (χ0n) is 19.2. The van der Waals surface area contributed by atoms with Crippen LogP contribution in [0, 0.1) is 0 Å². The lowest BCUT2D eigenvalue weighted by atomic mass is 10.0. The maximum atomic E-state index is 12.7. The molecule has 0 saturated heterocycles. The molecular weight excluding hydrogens is 460 g/mol. The Morgan fingerprint density at radius 3 is 2.47 bits per heavy atom. The van der Waals surface area contributed by atoms with E-state index in [1.807, 2.05) is 0 Å². The second-order valence-corrected chi connectivity index (χ2v) is 8.48. The molecule has 3 N–H and O–H groups in total. The van der Waals surface area contributed by atoms with Crippen LogP contribution in [-0.4, -0.2) is 36.8 Å². The van der Waals surface area contributed by atoms with Gasteiger partial charge in [0, 0.05) is 16.8 Å². The highest BCUT2D eigenvalue weighted by Gasteiger charge is 2.24. The Hall–Kier alpha value is -3.49. The second-order valence-electron chi connectivity index (χ2n) is 8.04. The molecule has 0 fully saturated rings. The molecule has 180 valence electrons. The third-order valence-electron chi connectivity index (χ3n) is 4.84. The van der Waals surface area contributed by atoms with Crippen molar-refractivity contribution in [1.29, 1.82) is 0 Å². The Bertz CT molecular complexity index is 1190. The molecule has 0 aliphatic heterocycles. The van der Waals surface area contributed by atoms with Gasteiger partial charge in [0.25, 0.3) is 5.56 Å². The van der Waals surface area contributed by atoms with E-state index in [4.69, 9.17) is 36.3 Å². The van der Waals surface area contributed by atoms with Crippen LogP contribution in [0.3, 0.4) is 0 Å². The molecule has 0 amide bonds. The molecule has 2 aromatic carbocycles. The van der Waals surface area contributed by atoms with Gasteiger partial charge in [-0.1, -0.05) is 17.7 Å². The predicted octanol–water partition coefficient (Wildman–Crippen LogP) is 3.94. The van der Waals surface area contributed by atoms with Crippen LogP contribution in [-0.2, 0) is 16.1 Å². The number of carbonyl (C=O) groups excluding carboxylic acids is 1. The van der Waals surface area contributed by atoms with E-state index in [-0.39, 0.29) is 25.3 Å². The van der Waals surface area contributed by atoms with E-state index >= 15 is 0 Å². The van der Waals surface area contributed by atoms with E-state index in [1.165, 1.54) is 7.11 Å². The van der Waals surface area contributed by atoms with Gasteiger partial charge < -0.3 is 29.7 Å². The highest BCUT2D eigenvalue weighted by Crippen LogP contribution is 2.33. The average Bonchev–Trinajstić information content (AvgIpc) is 2.82. The average molecular weight is 487 g/mol. The summed E-state index contributed by atoms with van der Waals surface area (Å²) < 4.78 is 22.5. The van der Waals surface area contributed by atoms with E-state index in [0.29, 0.717) is 39.0 Å². The summed E-state index contributed by atoms with van der Waals surface area (Å²) in [6.07, 6.45) is 1.58. The van der Waals surface area contributed by atoms with Gasteiger partial charge in [0.1, 0.15) is 24.6 Å². The number of pyridine rings is 1. The smallest absolute Gasteiger partial charge is 0.320 e. The standard InChI is InChI=1S/C25H27ClN2O6/c1-25(2,34-22(29)13-27)15-33-20-9-4-16(12-21(20)31-3)23-17(10-11-28-24(23)30)14-32-19-7-5-18(26)6-8-19/h4-12H,13-15,27H2,1-3H3,(H,28,30). The van der Waals surface area contributed by atoms with Crippen molar-refractivity contribution in [2.75, 3.05) is 20.3 Å². The summed E-state index contributed by atoms with van der Waals surface area (Å²) >= 11 is 5.92. The molecule has 3 rings (SSSR count). The molecular formula is C25H27ClN2O6. The minimum absolute atomic E-state index is 0.0839. The van der Waals surface area contributed by atoms with Crippen molar-refractivity contribution in [2.45, 2.75) is 26.1 Å².